The van der Waals surface area contributed by atoms with Crippen LogP contribution in [0.2, 0.25) is 0 Å². The van der Waals surface area contributed by atoms with E-state index in [-0.39, 0.29) is 0 Å². The number of nitrogens with zero attached hydrogens (tertiary/aromatic N) is 2. The van der Waals surface area contributed by atoms with E-state index in [9.17, 15) is 0 Å². The van der Waals surface area contributed by atoms with Crippen molar-refractivity contribution in [2.45, 2.75) is 33.1 Å². The van der Waals surface area contributed by atoms with Gasteiger partial charge in [0.2, 0.25) is 0 Å². The fourth-order valence-corrected chi connectivity index (χ4v) is 3.12. The molecule has 0 bridgehead atoms. The maximum atomic E-state index is 4.87. The van der Waals surface area contributed by atoms with E-state index in [0.717, 1.165) is 46.9 Å². The number of hydrogen-bond acceptors (Lipinski definition) is 2. The zero-order chi connectivity index (χ0) is 18.9. The molecule has 1 fully saturated rings. The van der Waals surface area contributed by atoms with E-state index in [0.29, 0.717) is 0 Å². The second kappa shape index (κ2) is 9.76. The number of aliphatic imine (C=N–C) groups is 1. The second-order valence-corrected chi connectivity index (χ2v) is 6.46. The highest BCUT2D eigenvalue weighted by molar-refractivity contribution is 6.12. The van der Waals surface area contributed by atoms with E-state index >= 15 is 0 Å². The number of piperidine rings is 1. The standard InChI is InChI=1S/C24H30N2/c1-6-9-13-21(7-2)23(8-3)25-24-18-22(15-14-19(24)4)20(5)26-16-11-10-12-17-26/h6-9,13-15,18H,1,4-5,10-12,16-17H2,2-3H3/b13-9-,21-7+,23-8-,25-24-. The van der Waals surface area contributed by atoms with Gasteiger partial charge in [0.1, 0.15) is 0 Å². The van der Waals surface area contributed by atoms with Crippen molar-refractivity contribution in [2.75, 3.05) is 13.1 Å². The highest BCUT2D eigenvalue weighted by atomic mass is 15.1. The number of allylic oxidation sites excluding steroid dienone is 9. The number of hydrogen-bond donors (Lipinski definition) is 0. The molecule has 0 unspecified atom stereocenters. The molecule has 0 aromatic heterocycles. The minimum atomic E-state index is 0.889. The van der Waals surface area contributed by atoms with E-state index in [1.165, 1.54) is 19.3 Å². The Hall–Kier alpha value is -2.61. The summed E-state index contributed by atoms with van der Waals surface area (Å²) in [5.41, 5.74) is 6.00. The first-order chi connectivity index (χ1) is 12.6. The van der Waals surface area contributed by atoms with Crippen LogP contribution in [0.15, 0.2) is 101 Å². The molecule has 0 saturated carbocycles. The Balaban J connectivity index is 2.29. The Morgan fingerprint density at radius 2 is 1.85 bits per heavy atom. The molecule has 0 spiro atoms. The van der Waals surface area contributed by atoms with Gasteiger partial charge >= 0.3 is 0 Å². The lowest BCUT2D eigenvalue weighted by Gasteiger charge is -2.31. The van der Waals surface area contributed by atoms with Gasteiger partial charge in [-0.2, -0.15) is 0 Å². The first-order valence-electron chi connectivity index (χ1n) is 9.34. The van der Waals surface area contributed by atoms with Crippen molar-refractivity contribution in [2.24, 2.45) is 4.99 Å². The average Bonchev–Trinajstić information content (AvgIpc) is 2.69. The first-order valence-corrected chi connectivity index (χ1v) is 9.34. The van der Waals surface area contributed by atoms with Crippen LogP contribution in [0.1, 0.15) is 33.1 Å². The van der Waals surface area contributed by atoms with Gasteiger partial charge in [-0.15, -0.1) is 0 Å². The Kier molecular flexibility index (Phi) is 7.40. The molecule has 26 heavy (non-hydrogen) atoms. The largest absolute Gasteiger partial charge is 0.372 e. The SMILES string of the molecule is C=C\C=C/C(=C\C)C(=C/C)/N=C1/C=C(C(=C)N2CCCCC2)C=CC1=C. The van der Waals surface area contributed by atoms with Crippen LogP contribution in [-0.2, 0) is 0 Å². The molecule has 1 heterocycles. The van der Waals surface area contributed by atoms with E-state index in [1.807, 2.05) is 38.2 Å². The molecule has 2 rings (SSSR count). The molecule has 2 nitrogen and oxygen atoms in total. The predicted octanol–water partition coefficient (Wildman–Crippen LogP) is 6.07. The highest BCUT2D eigenvalue weighted by Gasteiger charge is 2.17. The number of likely N-dealkylation sites (tertiary alicyclic amines) is 1. The van der Waals surface area contributed by atoms with Gasteiger partial charge in [0.15, 0.2) is 0 Å². The summed E-state index contributed by atoms with van der Waals surface area (Å²) in [6, 6.07) is 0. The molecule has 0 radical (unpaired) electrons. The third-order valence-corrected chi connectivity index (χ3v) is 4.69. The third kappa shape index (κ3) is 4.95. The summed E-state index contributed by atoms with van der Waals surface area (Å²) in [6.07, 6.45) is 19.8. The van der Waals surface area contributed by atoms with Crippen molar-refractivity contribution in [3.05, 3.63) is 96.5 Å². The van der Waals surface area contributed by atoms with Crippen LogP contribution in [-0.4, -0.2) is 23.7 Å². The quantitative estimate of drug-likeness (QED) is 0.533. The van der Waals surface area contributed by atoms with E-state index in [4.69, 9.17) is 4.99 Å². The smallest absolute Gasteiger partial charge is 0.0710 e. The summed E-state index contributed by atoms with van der Waals surface area (Å²) in [5.74, 6) is 0. The molecule has 1 saturated heterocycles. The first kappa shape index (κ1) is 19.7. The van der Waals surface area contributed by atoms with Crippen LogP contribution in [0.4, 0.5) is 0 Å². The average molecular weight is 347 g/mol. The minimum absolute atomic E-state index is 0.889. The van der Waals surface area contributed by atoms with E-state index < -0.39 is 0 Å². The molecule has 2 aliphatic rings. The summed E-state index contributed by atoms with van der Waals surface area (Å²) in [4.78, 5) is 7.26. The summed E-state index contributed by atoms with van der Waals surface area (Å²) < 4.78 is 0. The molecule has 1 aliphatic heterocycles. The Morgan fingerprint density at radius 3 is 2.46 bits per heavy atom. The van der Waals surface area contributed by atoms with Gasteiger partial charge in [-0.3, -0.25) is 0 Å². The molecular weight excluding hydrogens is 316 g/mol. The van der Waals surface area contributed by atoms with E-state index in [1.54, 1.807) is 6.08 Å². The fraction of sp³-hybridized carbons (Fsp3) is 0.292. The molecule has 0 aromatic carbocycles. The van der Waals surface area contributed by atoms with Crippen molar-refractivity contribution in [1.29, 1.82) is 0 Å². The molecule has 0 aromatic rings. The van der Waals surface area contributed by atoms with E-state index in [2.05, 4.69) is 42.9 Å². The van der Waals surface area contributed by atoms with Crippen LogP contribution < -0.4 is 0 Å². The zero-order valence-corrected chi connectivity index (χ0v) is 16.2. The predicted molar refractivity (Wildman–Crippen MR) is 115 cm³/mol. The Labute approximate surface area is 158 Å². The molecule has 2 heteroatoms. The fourth-order valence-electron chi connectivity index (χ4n) is 3.12. The van der Waals surface area contributed by atoms with Crippen molar-refractivity contribution in [1.82, 2.24) is 4.90 Å². The summed E-state index contributed by atoms with van der Waals surface area (Å²) in [7, 11) is 0. The Bertz CT molecular complexity index is 745. The maximum absolute atomic E-state index is 4.87. The molecule has 1 aliphatic carbocycles. The molecule has 136 valence electrons. The summed E-state index contributed by atoms with van der Waals surface area (Å²) in [6.45, 7) is 18.4. The van der Waals surface area contributed by atoms with Gasteiger partial charge in [0.05, 0.1) is 11.4 Å². The normalized spacial score (nSPS) is 20.7. The van der Waals surface area contributed by atoms with Crippen LogP contribution in [0.25, 0.3) is 0 Å². The maximum Gasteiger partial charge on any atom is 0.0710 e. The zero-order valence-electron chi connectivity index (χ0n) is 16.2. The van der Waals surface area contributed by atoms with Gasteiger partial charge in [0.25, 0.3) is 0 Å². The highest BCUT2D eigenvalue weighted by Crippen LogP contribution is 2.25. The van der Waals surface area contributed by atoms with Crippen LogP contribution in [0.3, 0.4) is 0 Å². The van der Waals surface area contributed by atoms with Gasteiger partial charge < -0.3 is 4.90 Å². The third-order valence-electron chi connectivity index (χ3n) is 4.69. The van der Waals surface area contributed by atoms with Crippen molar-refractivity contribution >= 4 is 5.71 Å². The minimum Gasteiger partial charge on any atom is -0.372 e. The molecule has 0 amide bonds. The van der Waals surface area contributed by atoms with Gasteiger partial charge in [0, 0.05) is 18.8 Å². The van der Waals surface area contributed by atoms with Crippen molar-refractivity contribution in [3.8, 4) is 0 Å². The van der Waals surface area contributed by atoms with Gasteiger partial charge in [-0.25, -0.2) is 4.99 Å². The lowest BCUT2D eigenvalue weighted by molar-refractivity contribution is 0.292. The van der Waals surface area contributed by atoms with Crippen molar-refractivity contribution in [3.63, 3.8) is 0 Å². The second-order valence-electron chi connectivity index (χ2n) is 6.46. The van der Waals surface area contributed by atoms with Crippen LogP contribution in [0, 0.1) is 0 Å². The topological polar surface area (TPSA) is 15.6 Å². The summed E-state index contributed by atoms with van der Waals surface area (Å²) >= 11 is 0. The lowest BCUT2D eigenvalue weighted by atomic mass is 9.98. The molecule has 0 atom stereocenters. The van der Waals surface area contributed by atoms with Crippen LogP contribution in [0.5, 0.6) is 0 Å². The Morgan fingerprint density at radius 1 is 1.12 bits per heavy atom. The molecular formula is C24H30N2. The van der Waals surface area contributed by atoms with Crippen LogP contribution >= 0.6 is 0 Å². The summed E-state index contributed by atoms with van der Waals surface area (Å²) in [5, 5.41) is 0. The van der Waals surface area contributed by atoms with Gasteiger partial charge in [-0.05, 0) is 55.9 Å². The lowest BCUT2D eigenvalue weighted by Crippen LogP contribution is -2.29. The molecule has 0 N–H and O–H groups in total. The number of rotatable bonds is 6. The van der Waals surface area contributed by atoms with Crippen molar-refractivity contribution < 1.29 is 0 Å². The monoisotopic (exact) mass is 346 g/mol. The van der Waals surface area contributed by atoms with Gasteiger partial charge in [-0.1, -0.05) is 62.3 Å².